The standard InChI is InChI=1S/C16H16N2O5/c1-10-8-11(23-9-14(19)20)5-6-13(10)18-15(21)12-4-3-7-17-16(12)22-2/h3-8H,9H2,1-2H3,(H,18,21)(H,19,20). The number of rotatable bonds is 6. The number of pyridine rings is 1. The van der Waals surface area contributed by atoms with E-state index < -0.39 is 12.6 Å². The third kappa shape index (κ3) is 4.19. The number of aryl methyl sites for hydroxylation is 1. The lowest BCUT2D eigenvalue weighted by molar-refractivity contribution is -0.139. The molecule has 2 N–H and O–H groups in total. The van der Waals surface area contributed by atoms with Gasteiger partial charge in [-0.25, -0.2) is 9.78 Å². The summed E-state index contributed by atoms with van der Waals surface area (Å²) in [4.78, 5) is 26.8. The molecule has 7 heteroatoms. The van der Waals surface area contributed by atoms with Crippen molar-refractivity contribution in [3.63, 3.8) is 0 Å². The highest BCUT2D eigenvalue weighted by Crippen LogP contribution is 2.23. The fourth-order valence-corrected chi connectivity index (χ4v) is 1.93. The summed E-state index contributed by atoms with van der Waals surface area (Å²) in [7, 11) is 1.44. The molecule has 23 heavy (non-hydrogen) atoms. The van der Waals surface area contributed by atoms with Crippen molar-refractivity contribution in [1.29, 1.82) is 0 Å². The van der Waals surface area contributed by atoms with E-state index in [1.165, 1.54) is 13.3 Å². The number of carbonyl (C=O) groups is 2. The van der Waals surface area contributed by atoms with Gasteiger partial charge in [-0.05, 0) is 42.8 Å². The number of hydrogen-bond acceptors (Lipinski definition) is 5. The summed E-state index contributed by atoms with van der Waals surface area (Å²) in [6, 6.07) is 8.15. The topological polar surface area (TPSA) is 97.8 Å². The number of methoxy groups -OCH3 is 1. The highest BCUT2D eigenvalue weighted by atomic mass is 16.5. The zero-order valence-corrected chi connectivity index (χ0v) is 12.7. The first kappa shape index (κ1) is 16.3. The number of carboxylic acid groups (broad SMARTS) is 1. The summed E-state index contributed by atoms with van der Waals surface area (Å²) in [5.41, 5.74) is 1.65. The van der Waals surface area contributed by atoms with Gasteiger partial charge >= 0.3 is 5.97 Å². The van der Waals surface area contributed by atoms with Crippen LogP contribution >= 0.6 is 0 Å². The molecule has 0 atom stereocenters. The highest BCUT2D eigenvalue weighted by Gasteiger charge is 2.14. The Bertz CT molecular complexity index is 730. The Labute approximate surface area is 132 Å². The normalized spacial score (nSPS) is 10.0. The number of nitrogens with zero attached hydrogens (tertiary/aromatic N) is 1. The number of carboxylic acids is 1. The number of carbonyl (C=O) groups excluding carboxylic acids is 1. The van der Waals surface area contributed by atoms with Gasteiger partial charge in [-0.15, -0.1) is 0 Å². The van der Waals surface area contributed by atoms with Crippen LogP contribution in [0.4, 0.5) is 5.69 Å². The van der Waals surface area contributed by atoms with E-state index in [0.29, 0.717) is 17.0 Å². The minimum atomic E-state index is -1.05. The summed E-state index contributed by atoms with van der Waals surface area (Å²) in [5, 5.41) is 11.4. The van der Waals surface area contributed by atoms with Crippen molar-refractivity contribution in [2.24, 2.45) is 0 Å². The Morgan fingerprint density at radius 1 is 1.30 bits per heavy atom. The van der Waals surface area contributed by atoms with E-state index in [2.05, 4.69) is 10.3 Å². The Hall–Kier alpha value is -3.09. The minimum Gasteiger partial charge on any atom is -0.482 e. The van der Waals surface area contributed by atoms with Gasteiger partial charge in [-0.2, -0.15) is 0 Å². The number of aliphatic carboxylic acids is 1. The van der Waals surface area contributed by atoms with Crippen LogP contribution in [0.25, 0.3) is 0 Å². The van der Waals surface area contributed by atoms with Crippen LogP contribution in [0.3, 0.4) is 0 Å². The molecule has 1 aromatic carbocycles. The van der Waals surface area contributed by atoms with Crippen LogP contribution in [0, 0.1) is 6.92 Å². The SMILES string of the molecule is COc1ncccc1C(=O)Nc1ccc(OCC(=O)O)cc1C. The Kier molecular flexibility index (Phi) is 5.14. The van der Waals surface area contributed by atoms with E-state index in [1.54, 1.807) is 37.3 Å². The predicted octanol–water partition coefficient (Wildman–Crippen LogP) is 2.11. The molecular weight excluding hydrogens is 300 g/mol. The lowest BCUT2D eigenvalue weighted by Crippen LogP contribution is -2.14. The molecule has 0 saturated heterocycles. The predicted molar refractivity (Wildman–Crippen MR) is 83.1 cm³/mol. The molecule has 1 heterocycles. The molecule has 1 aromatic heterocycles. The van der Waals surface area contributed by atoms with Gasteiger partial charge in [0.25, 0.3) is 5.91 Å². The third-order valence-electron chi connectivity index (χ3n) is 3.02. The maximum Gasteiger partial charge on any atom is 0.341 e. The van der Waals surface area contributed by atoms with Crippen molar-refractivity contribution >= 4 is 17.6 Å². The Morgan fingerprint density at radius 3 is 2.74 bits per heavy atom. The number of benzene rings is 1. The first-order valence-corrected chi connectivity index (χ1v) is 6.77. The second kappa shape index (κ2) is 7.26. The van der Waals surface area contributed by atoms with Crippen molar-refractivity contribution in [2.45, 2.75) is 6.92 Å². The maximum absolute atomic E-state index is 12.3. The Balaban J connectivity index is 2.13. The van der Waals surface area contributed by atoms with Gasteiger partial charge in [0, 0.05) is 11.9 Å². The fraction of sp³-hybridized carbons (Fsp3) is 0.188. The molecule has 0 aliphatic heterocycles. The molecule has 0 radical (unpaired) electrons. The van der Waals surface area contributed by atoms with E-state index >= 15 is 0 Å². The zero-order chi connectivity index (χ0) is 16.8. The van der Waals surface area contributed by atoms with Crippen LogP contribution in [0.15, 0.2) is 36.5 Å². The first-order chi connectivity index (χ1) is 11.0. The monoisotopic (exact) mass is 316 g/mol. The van der Waals surface area contributed by atoms with Crippen molar-refractivity contribution in [3.8, 4) is 11.6 Å². The van der Waals surface area contributed by atoms with Gasteiger partial charge in [-0.3, -0.25) is 4.79 Å². The Morgan fingerprint density at radius 2 is 2.09 bits per heavy atom. The molecule has 0 spiro atoms. The summed E-state index contributed by atoms with van der Waals surface area (Å²) in [6.07, 6.45) is 1.54. The average molecular weight is 316 g/mol. The molecule has 0 aliphatic rings. The van der Waals surface area contributed by atoms with Crippen LogP contribution in [0.1, 0.15) is 15.9 Å². The third-order valence-corrected chi connectivity index (χ3v) is 3.02. The average Bonchev–Trinajstić information content (AvgIpc) is 2.55. The highest BCUT2D eigenvalue weighted by molar-refractivity contribution is 6.06. The fourth-order valence-electron chi connectivity index (χ4n) is 1.93. The van der Waals surface area contributed by atoms with E-state index in [4.69, 9.17) is 14.6 Å². The van der Waals surface area contributed by atoms with E-state index in [0.717, 1.165) is 5.56 Å². The summed E-state index contributed by atoms with van der Waals surface area (Å²) < 4.78 is 10.1. The summed E-state index contributed by atoms with van der Waals surface area (Å²) >= 11 is 0. The van der Waals surface area contributed by atoms with Crippen molar-refractivity contribution in [1.82, 2.24) is 4.98 Å². The summed E-state index contributed by atoms with van der Waals surface area (Å²) in [6.45, 7) is 1.36. The van der Waals surface area contributed by atoms with Crippen molar-refractivity contribution in [3.05, 3.63) is 47.7 Å². The van der Waals surface area contributed by atoms with Gasteiger partial charge in [-0.1, -0.05) is 0 Å². The minimum absolute atomic E-state index is 0.240. The molecule has 2 aromatic rings. The molecular formula is C16H16N2O5. The molecule has 7 nitrogen and oxygen atoms in total. The molecule has 0 saturated carbocycles. The molecule has 120 valence electrons. The van der Waals surface area contributed by atoms with Crippen LogP contribution in [0.5, 0.6) is 11.6 Å². The summed E-state index contributed by atoms with van der Waals surface area (Å²) in [5.74, 6) is -0.744. The quantitative estimate of drug-likeness (QED) is 0.847. The number of ether oxygens (including phenoxy) is 2. The number of amides is 1. The lowest BCUT2D eigenvalue weighted by atomic mass is 10.1. The second-order valence-electron chi connectivity index (χ2n) is 4.67. The van der Waals surface area contributed by atoms with Crippen LogP contribution in [0.2, 0.25) is 0 Å². The van der Waals surface area contributed by atoms with Gasteiger partial charge in [0.05, 0.1) is 7.11 Å². The molecule has 0 fully saturated rings. The van der Waals surface area contributed by atoms with Gasteiger partial charge < -0.3 is 19.9 Å². The van der Waals surface area contributed by atoms with Crippen LogP contribution in [-0.2, 0) is 4.79 Å². The maximum atomic E-state index is 12.3. The van der Waals surface area contributed by atoms with Crippen molar-refractivity contribution in [2.75, 3.05) is 19.0 Å². The number of anilines is 1. The smallest absolute Gasteiger partial charge is 0.341 e. The molecule has 1 amide bonds. The van der Waals surface area contributed by atoms with Crippen LogP contribution in [-0.4, -0.2) is 35.7 Å². The number of nitrogens with one attached hydrogen (secondary N) is 1. The second-order valence-corrected chi connectivity index (χ2v) is 4.67. The molecule has 0 bridgehead atoms. The van der Waals surface area contributed by atoms with E-state index in [1.807, 2.05) is 0 Å². The molecule has 0 aliphatic carbocycles. The van der Waals surface area contributed by atoms with Crippen molar-refractivity contribution < 1.29 is 24.2 Å². The van der Waals surface area contributed by atoms with E-state index in [9.17, 15) is 9.59 Å². The zero-order valence-electron chi connectivity index (χ0n) is 12.7. The lowest BCUT2D eigenvalue weighted by Gasteiger charge is -2.11. The largest absolute Gasteiger partial charge is 0.482 e. The molecule has 2 rings (SSSR count). The van der Waals surface area contributed by atoms with Gasteiger partial charge in [0.1, 0.15) is 11.3 Å². The van der Waals surface area contributed by atoms with Gasteiger partial charge in [0.2, 0.25) is 5.88 Å². The number of hydrogen-bond donors (Lipinski definition) is 2. The number of aromatic nitrogens is 1. The van der Waals surface area contributed by atoms with Crippen LogP contribution < -0.4 is 14.8 Å². The first-order valence-electron chi connectivity index (χ1n) is 6.77. The van der Waals surface area contributed by atoms with E-state index in [-0.39, 0.29) is 11.8 Å². The molecule has 0 unspecified atom stereocenters. The van der Waals surface area contributed by atoms with Gasteiger partial charge in [0.15, 0.2) is 6.61 Å².